The Morgan fingerprint density at radius 1 is 1.19 bits per heavy atom. The molecule has 27 heavy (non-hydrogen) atoms. The molecule has 1 heterocycles. The van der Waals surface area contributed by atoms with Crippen LogP contribution in [0.4, 0.5) is 5.69 Å². The monoisotopic (exact) mass is 369 g/mol. The van der Waals surface area contributed by atoms with Crippen LogP contribution in [0, 0.1) is 10.1 Å². The van der Waals surface area contributed by atoms with Gasteiger partial charge in [-0.25, -0.2) is 4.68 Å². The first-order valence-corrected chi connectivity index (χ1v) is 8.20. The fraction of sp³-hybridized carbons (Fsp3) is 0.211. The van der Waals surface area contributed by atoms with E-state index in [4.69, 9.17) is 9.47 Å². The zero-order valence-corrected chi connectivity index (χ0v) is 14.9. The highest BCUT2D eigenvalue weighted by Crippen LogP contribution is 2.36. The molecule has 0 saturated heterocycles. The standard InChI is InChI=1S/C19H19N3O5/c1-26-18-11-14(16(22(24)25)12-19(18)27-2)10-17(23)13-4-6-15(7-5-13)21-9-3-8-20-21/h3-9,11-12,17,23H,10H2,1-2H3. The summed E-state index contributed by atoms with van der Waals surface area (Å²) < 4.78 is 12.0. The number of hydrogen-bond acceptors (Lipinski definition) is 6. The lowest BCUT2D eigenvalue weighted by Gasteiger charge is -2.14. The summed E-state index contributed by atoms with van der Waals surface area (Å²) >= 11 is 0. The first-order chi connectivity index (χ1) is 13.0. The lowest BCUT2D eigenvalue weighted by atomic mass is 9.99. The molecule has 8 heteroatoms. The first kappa shape index (κ1) is 18.4. The highest BCUT2D eigenvalue weighted by molar-refractivity contribution is 5.54. The number of hydrogen-bond donors (Lipinski definition) is 1. The third kappa shape index (κ3) is 3.90. The molecule has 0 spiro atoms. The van der Waals surface area contributed by atoms with Gasteiger partial charge in [-0.1, -0.05) is 12.1 Å². The van der Waals surface area contributed by atoms with Crippen LogP contribution in [0.5, 0.6) is 11.5 Å². The van der Waals surface area contributed by atoms with Crippen molar-refractivity contribution in [3.8, 4) is 17.2 Å². The second kappa shape index (κ2) is 7.88. The Hall–Kier alpha value is -3.39. The number of rotatable bonds is 7. The molecule has 0 aliphatic heterocycles. The molecule has 0 aliphatic carbocycles. The molecule has 0 aliphatic rings. The summed E-state index contributed by atoms with van der Waals surface area (Å²) in [7, 11) is 2.87. The molecule has 0 amide bonds. The van der Waals surface area contributed by atoms with E-state index in [9.17, 15) is 15.2 Å². The van der Waals surface area contributed by atoms with E-state index in [-0.39, 0.29) is 17.9 Å². The topological polar surface area (TPSA) is 99.7 Å². The minimum Gasteiger partial charge on any atom is -0.493 e. The van der Waals surface area contributed by atoms with Crippen molar-refractivity contribution in [2.75, 3.05) is 14.2 Å². The van der Waals surface area contributed by atoms with E-state index < -0.39 is 11.0 Å². The van der Waals surface area contributed by atoms with Gasteiger partial charge in [0.15, 0.2) is 11.5 Å². The number of nitro groups is 1. The predicted molar refractivity (Wildman–Crippen MR) is 98.4 cm³/mol. The van der Waals surface area contributed by atoms with Crippen molar-refractivity contribution < 1.29 is 19.5 Å². The van der Waals surface area contributed by atoms with Crippen molar-refractivity contribution in [1.82, 2.24) is 9.78 Å². The van der Waals surface area contributed by atoms with Crippen molar-refractivity contribution in [2.45, 2.75) is 12.5 Å². The lowest BCUT2D eigenvalue weighted by molar-refractivity contribution is -0.385. The van der Waals surface area contributed by atoms with Crippen LogP contribution in [0.3, 0.4) is 0 Å². The van der Waals surface area contributed by atoms with Gasteiger partial charge in [-0.15, -0.1) is 0 Å². The van der Waals surface area contributed by atoms with E-state index in [1.807, 2.05) is 24.4 Å². The molecule has 0 bridgehead atoms. The summed E-state index contributed by atoms with van der Waals surface area (Å²) in [6.07, 6.45) is 2.66. The molecule has 1 unspecified atom stereocenters. The maximum Gasteiger partial charge on any atom is 0.276 e. The summed E-state index contributed by atoms with van der Waals surface area (Å²) in [5.74, 6) is 0.644. The van der Waals surface area contributed by atoms with Crippen LogP contribution in [0.15, 0.2) is 54.9 Å². The fourth-order valence-electron chi connectivity index (χ4n) is 2.84. The van der Waals surface area contributed by atoms with E-state index >= 15 is 0 Å². The van der Waals surface area contributed by atoms with Crippen molar-refractivity contribution >= 4 is 5.69 Å². The van der Waals surface area contributed by atoms with Gasteiger partial charge in [0.25, 0.3) is 5.69 Å². The number of methoxy groups -OCH3 is 2. The Morgan fingerprint density at radius 3 is 2.41 bits per heavy atom. The number of aliphatic hydroxyl groups excluding tert-OH is 1. The molecule has 0 radical (unpaired) electrons. The van der Waals surface area contributed by atoms with Crippen LogP contribution in [-0.4, -0.2) is 34.0 Å². The molecule has 3 rings (SSSR count). The van der Waals surface area contributed by atoms with Gasteiger partial charge in [-0.05, 0) is 29.8 Å². The predicted octanol–water partition coefficient (Wildman–Crippen LogP) is 3.07. The molecule has 0 saturated carbocycles. The normalized spacial score (nSPS) is 11.8. The number of benzene rings is 2. The van der Waals surface area contributed by atoms with Crippen LogP contribution >= 0.6 is 0 Å². The van der Waals surface area contributed by atoms with Crippen LogP contribution in [0.25, 0.3) is 5.69 Å². The Bertz CT molecular complexity index is 923. The highest BCUT2D eigenvalue weighted by Gasteiger charge is 2.22. The molecule has 8 nitrogen and oxygen atoms in total. The van der Waals surface area contributed by atoms with E-state index in [1.165, 1.54) is 26.4 Å². The SMILES string of the molecule is COc1cc(CC(O)c2ccc(-n3cccn3)cc2)c([N+](=O)[O-])cc1OC. The molecular formula is C19H19N3O5. The molecular weight excluding hydrogens is 350 g/mol. The molecule has 0 fully saturated rings. The number of nitrogens with zero attached hydrogens (tertiary/aromatic N) is 3. The summed E-state index contributed by atoms with van der Waals surface area (Å²) in [6.45, 7) is 0. The van der Waals surface area contributed by atoms with Crippen LogP contribution < -0.4 is 9.47 Å². The van der Waals surface area contributed by atoms with Gasteiger partial charge in [-0.2, -0.15) is 5.10 Å². The maximum atomic E-state index is 11.4. The number of aliphatic hydroxyl groups is 1. The molecule has 1 N–H and O–H groups in total. The average molecular weight is 369 g/mol. The minimum absolute atomic E-state index is 0.0672. The summed E-state index contributed by atoms with van der Waals surface area (Å²) in [5.41, 5.74) is 1.74. The summed E-state index contributed by atoms with van der Waals surface area (Å²) in [5, 5.41) is 26.1. The third-order valence-electron chi connectivity index (χ3n) is 4.24. The fourth-order valence-corrected chi connectivity index (χ4v) is 2.84. The van der Waals surface area contributed by atoms with Gasteiger partial charge < -0.3 is 14.6 Å². The Kier molecular flexibility index (Phi) is 5.37. The van der Waals surface area contributed by atoms with E-state index in [0.29, 0.717) is 16.9 Å². The lowest BCUT2D eigenvalue weighted by Crippen LogP contribution is -2.06. The average Bonchev–Trinajstić information content (AvgIpc) is 3.22. The summed E-state index contributed by atoms with van der Waals surface area (Å²) in [6, 6.07) is 11.9. The van der Waals surface area contributed by atoms with Gasteiger partial charge in [0.2, 0.25) is 0 Å². The zero-order chi connectivity index (χ0) is 19.4. The zero-order valence-electron chi connectivity index (χ0n) is 14.9. The molecule has 1 aromatic heterocycles. The highest BCUT2D eigenvalue weighted by atomic mass is 16.6. The smallest absolute Gasteiger partial charge is 0.276 e. The number of nitro benzene ring substituents is 1. The quantitative estimate of drug-likeness (QED) is 0.507. The molecule has 1 atom stereocenters. The number of ether oxygens (including phenoxy) is 2. The van der Waals surface area contributed by atoms with E-state index in [0.717, 1.165) is 5.69 Å². The van der Waals surface area contributed by atoms with E-state index in [1.54, 1.807) is 23.0 Å². The van der Waals surface area contributed by atoms with Gasteiger partial charge in [0, 0.05) is 24.4 Å². The van der Waals surface area contributed by atoms with Crippen LogP contribution in [0.1, 0.15) is 17.2 Å². The Morgan fingerprint density at radius 2 is 1.85 bits per heavy atom. The second-order valence-corrected chi connectivity index (χ2v) is 5.86. The van der Waals surface area contributed by atoms with Crippen molar-refractivity contribution in [2.24, 2.45) is 0 Å². The van der Waals surface area contributed by atoms with Gasteiger partial charge in [0.1, 0.15) is 0 Å². The Balaban J connectivity index is 1.86. The second-order valence-electron chi connectivity index (χ2n) is 5.86. The Labute approximate surface area is 155 Å². The summed E-state index contributed by atoms with van der Waals surface area (Å²) in [4.78, 5) is 10.9. The van der Waals surface area contributed by atoms with Crippen molar-refractivity contribution in [1.29, 1.82) is 0 Å². The molecule has 140 valence electrons. The number of aromatic nitrogens is 2. The van der Waals surface area contributed by atoms with E-state index in [2.05, 4.69) is 5.10 Å². The molecule has 3 aromatic rings. The van der Waals surface area contributed by atoms with Gasteiger partial charge in [0.05, 0.1) is 37.0 Å². The maximum absolute atomic E-state index is 11.4. The molecule has 2 aromatic carbocycles. The van der Waals surface area contributed by atoms with Crippen LogP contribution in [0.2, 0.25) is 0 Å². The first-order valence-electron chi connectivity index (χ1n) is 8.20. The van der Waals surface area contributed by atoms with Crippen LogP contribution in [-0.2, 0) is 6.42 Å². The minimum atomic E-state index is -0.909. The van der Waals surface area contributed by atoms with Gasteiger partial charge in [-0.3, -0.25) is 10.1 Å². The largest absolute Gasteiger partial charge is 0.493 e. The van der Waals surface area contributed by atoms with Crippen molar-refractivity contribution in [3.63, 3.8) is 0 Å². The van der Waals surface area contributed by atoms with Gasteiger partial charge >= 0.3 is 0 Å². The third-order valence-corrected chi connectivity index (χ3v) is 4.24. The van der Waals surface area contributed by atoms with Crippen molar-refractivity contribution in [3.05, 3.63) is 76.1 Å².